The Bertz CT molecular complexity index is 562. The first kappa shape index (κ1) is 11.4. The summed E-state index contributed by atoms with van der Waals surface area (Å²) < 4.78 is 21.8. The number of aromatic nitrogens is 1. The molecule has 0 radical (unpaired) electrons. The molecule has 0 saturated heterocycles. The number of nitriles is 1. The van der Waals surface area contributed by atoms with Crippen molar-refractivity contribution < 1.29 is 13.3 Å². The highest BCUT2D eigenvalue weighted by molar-refractivity contribution is 8.13. The van der Waals surface area contributed by atoms with Crippen LogP contribution in [0.1, 0.15) is 5.56 Å². The third-order valence-electron chi connectivity index (χ3n) is 1.42. The maximum atomic E-state index is 10.9. The van der Waals surface area contributed by atoms with E-state index in [0.29, 0.717) is 0 Å². The summed E-state index contributed by atoms with van der Waals surface area (Å²) in [6, 6.07) is 2.52. The molecule has 0 N–H and O–H groups in total. The van der Waals surface area contributed by atoms with Crippen LogP contribution in [0.25, 0.3) is 0 Å². The van der Waals surface area contributed by atoms with E-state index in [-0.39, 0.29) is 0 Å². The van der Waals surface area contributed by atoms with Crippen LogP contribution in [0.2, 0.25) is 0 Å². The molecule has 1 aromatic heterocycles. The fraction of sp³-hybridized carbons (Fsp3) is 0. The van der Waals surface area contributed by atoms with E-state index in [1.807, 2.05) is 0 Å². The first-order valence-electron chi connectivity index (χ1n) is 3.36. The van der Waals surface area contributed by atoms with Crippen LogP contribution in [0.5, 0.6) is 0 Å². The molecule has 0 aliphatic rings. The molecular formula is C6H2ClN3O4S. The molecule has 9 heteroatoms. The normalized spacial score (nSPS) is 10.7. The fourth-order valence-corrected chi connectivity index (χ4v) is 1.82. The second-order valence-corrected chi connectivity index (χ2v) is 4.80. The summed E-state index contributed by atoms with van der Waals surface area (Å²) in [5.41, 5.74) is -1.32. The largest absolute Gasteiger partial charge is 0.325 e. The van der Waals surface area contributed by atoms with Crippen LogP contribution in [0.15, 0.2) is 17.3 Å². The SMILES string of the molecule is N#Cc1ccnc(S(=O)(=O)Cl)c1[N+](=O)[O-]. The lowest BCUT2D eigenvalue weighted by Gasteiger charge is -1.98. The zero-order valence-corrected chi connectivity index (χ0v) is 8.49. The minimum atomic E-state index is -4.34. The molecule has 1 heterocycles. The molecule has 1 aromatic rings. The van der Waals surface area contributed by atoms with Crippen molar-refractivity contribution in [2.75, 3.05) is 0 Å². The van der Waals surface area contributed by atoms with Crippen molar-refractivity contribution in [2.45, 2.75) is 5.03 Å². The lowest BCUT2D eigenvalue weighted by Crippen LogP contribution is -2.03. The van der Waals surface area contributed by atoms with Crippen LogP contribution in [-0.2, 0) is 9.05 Å². The number of rotatable bonds is 2. The van der Waals surface area contributed by atoms with Gasteiger partial charge in [0.25, 0.3) is 14.1 Å². The Balaban J connectivity index is 3.70. The molecule has 0 aromatic carbocycles. The van der Waals surface area contributed by atoms with Crippen LogP contribution < -0.4 is 0 Å². The Kier molecular flexibility index (Phi) is 2.88. The lowest BCUT2D eigenvalue weighted by atomic mass is 10.2. The molecular weight excluding hydrogens is 246 g/mol. The number of hydrogen-bond donors (Lipinski definition) is 0. The molecule has 0 bridgehead atoms. The number of hydrogen-bond acceptors (Lipinski definition) is 6. The van der Waals surface area contributed by atoms with Crippen LogP contribution in [0, 0.1) is 21.4 Å². The van der Waals surface area contributed by atoms with Crippen molar-refractivity contribution in [2.24, 2.45) is 0 Å². The molecule has 0 saturated carbocycles. The molecule has 78 valence electrons. The Morgan fingerprint density at radius 1 is 1.60 bits per heavy atom. The van der Waals surface area contributed by atoms with Gasteiger partial charge < -0.3 is 0 Å². The summed E-state index contributed by atoms with van der Waals surface area (Å²) >= 11 is 0. The molecule has 0 atom stereocenters. The van der Waals surface area contributed by atoms with Gasteiger partial charge in [-0.15, -0.1) is 0 Å². The molecule has 0 aliphatic carbocycles. The van der Waals surface area contributed by atoms with E-state index >= 15 is 0 Å². The van der Waals surface area contributed by atoms with Gasteiger partial charge in [0.2, 0.25) is 0 Å². The van der Waals surface area contributed by atoms with E-state index in [4.69, 9.17) is 15.9 Å². The van der Waals surface area contributed by atoms with Gasteiger partial charge >= 0.3 is 5.69 Å². The predicted molar refractivity (Wildman–Crippen MR) is 48.6 cm³/mol. The maximum absolute atomic E-state index is 10.9. The summed E-state index contributed by atoms with van der Waals surface area (Å²) in [6.45, 7) is 0. The van der Waals surface area contributed by atoms with Gasteiger partial charge in [-0.1, -0.05) is 0 Å². The highest BCUT2D eigenvalue weighted by Gasteiger charge is 2.29. The van der Waals surface area contributed by atoms with Gasteiger partial charge in [-0.05, 0) is 6.07 Å². The maximum Gasteiger partial charge on any atom is 0.325 e. The van der Waals surface area contributed by atoms with Gasteiger partial charge in [-0.3, -0.25) is 10.1 Å². The van der Waals surface area contributed by atoms with Gasteiger partial charge in [-0.2, -0.15) is 5.26 Å². The zero-order valence-electron chi connectivity index (χ0n) is 6.92. The summed E-state index contributed by atoms with van der Waals surface area (Å²) in [4.78, 5) is 12.8. The Labute approximate surface area is 88.5 Å². The van der Waals surface area contributed by atoms with Crippen molar-refractivity contribution in [3.8, 4) is 6.07 Å². The zero-order chi connectivity index (χ0) is 11.6. The van der Waals surface area contributed by atoms with Gasteiger partial charge in [-0.25, -0.2) is 13.4 Å². The van der Waals surface area contributed by atoms with Crippen LogP contribution >= 0.6 is 10.7 Å². The number of nitrogens with zero attached hydrogens (tertiary/aromatic N) is 3. The third-order valence-corrected chi connectivity index (χ3v) is 2.62. The molecule has 0 fully saturated rings. The summed E-state index contributed by atoms with van der Waals surface area (Å²) in [5, 5.41) is 18.2. The first-order chi connectivity index (χ1) is 6.88. The Morgan fingerprint density at radius 2 is 2.20 bits per heavy atom. The van der Waals surface area contributed by atoms with E-state index < -0.39 is 30.3 Å². The van der Waals surface area contributed by atoms with Crippen LogP contribution in [0.4, 0.5) is 5.69 Å². The summed E-state index contributed by atoms with van der Waals surface area (Å²) in [6.07, 6.45) is 0.959. The third kappa shape index (κ3) is 2.20. The fourth-order valence-electron chi connectivity index (χ4n) is 0.880. The Hall–Kier alpha value is -1.72. The summed E-state index contributed by atoms with van der Waals surface area (Å²) in [7, 11) is 0.590. The van der Waals surface area contributed by atoms with Gasteiger partial charge in [0.05, 0.1) is 4.92 Å². The van der Waals surface area contributed by atoms with Gasteiger partial charge in [0.15, 0.2) is 0 Å². The van der Waals surface area contributed by atoms with Crippen LogP contribution in [-0.4, -0.2) is 18.3 Å². The average molecular weight is 248 g/mol. The van der Waals surface area contributed by atoms with Crippen LogP contribution in [0.3, 0.4) is 0 Å². The average Bonchev–Trinajstić information content (AvgIpc) is 2.15. The van der Waals surface area contributed by atoms with E-state index in [9.17, 15) is 18.5 Å². The van der Waals surface area contributed by atoms with E-state index in [0.717, 1.165) is 12.3 Å². The smallest absolute Gasteiger partial charge is 0.258 e. The monoisotopic (exact) mass is 247 g/mol. The number of pyridine rings is 1. The lowest BCUT2D eigenvalue weighted by molar-refractivity contribution is -0.388. The van der Waals surface area contributed by atoms with Crippen molar-refractivity contribution in [3.05, 3.63) is 27.9 Å². The molecule has 0 unspecified atom stereocenters. The summed E-state index contributed by atoms with van der Waals surface area (Å²) in [5.74, 6) is 0. The first-order valence-corrected chi connectivity index (χ1v) is 5.67. The molecule has 7 nitrogen and oxygen atoms in total. The van der Waals surface area contributed by atoms with Crippen molar-refractivity contribution in [1.82, 2.24) is 4.98 Å². The molecule has 1 rings (SSSR count). The predicted octanol–water partition coefficient (Wildman–Crippen LogP) is 0.789. The molecule has 0 aliphatic heterocycles. The second kappa shape index (κ2) is 3.80. The highest BCUT2D eigenvalue weighted by Crippen LogP contribution is 2.27. The van der Waals surface area contributed by atoms with Crippen molar-refractivity contribution >= 4 is 25.4 Å². The van der Waals surface area contributed by atoms with E-state index in [1.54, 1.807) is 0 Å². The second-order valence-electron chi connectivity index (χ2n) is 2.32. The minimum Gasteiger partial charge on any atom is -0.258 e. The van der Waals surface area contributed by atoms with Gasteiger partial charge in [0, 0.05) is 16.9 Å². The number of nitro groups is 1. The Morgan fingerprint density at radius 3 is 2.60 bits per heavy atom. The van der Waals surface area contributed by atoms with E-state index in [2.05, 4.69) is 4.98 Å². The standard InChI is InChI=1S/C6H2ClN3O4S/c7-15(13,14)6-5(10(11)12)4(3-8)1-2-9-6/h1-2H. The topological polar surface area (TPSA) is 114 Å². The van der Waals surface area contributed by atoms with E-state index in [1.165, 1.54) is 6.07 Å². The highest BCUT2D eigenvalue weighted by atomic mass is 35.7. The van der Waals surface area contributed by atoms with Crippen molar-refractivity contribution in [1.29, 1.82) is 5.26 Å². The number of halogens is 1. The minimum absolute atomic E-state index is 0.408. The van der Waals surface area contributed by atoms with Crippen molar-refractivity contribution in [3.63, 3.8) is 0 Å². The quantitative estimate of drug-likeness (QED) is 0.433. The van der Waals surface area contributed by atoms with Gasteiger partial charge in [0.1, 0.15) is 11.6 Å². The molecule has 0 spiro atoms. The molecule has 0 amide bonds. The molecule has 15 heavy (non-hydrogen) atoms.